The van der Waals surface area contributed by atoms with Crippen molar-refractivity contribution in [2.75, 3.05) is 39.4 Å². The third-order valence-corrected chi connectivity index (χ3v) is 22.8. The number of unbranched alkanes of at least 4 members (excludes halogenated alkanes) is 20. The Hall–Kier alpha value is -5.68. The fourth-order valence-corrected chi connectivity index (χ4v) is 17.6. The number of phenolic OH excluding ortho intramolecular Hbond substituents is 1. The number of piperidine rings is 2. The second-order valence-corrected chi connectivity index (χ2v) is 29.0. The molecule has 3 N–H and O–H groups in total. The molecule has 0 aromatic heterocycles. The van der Waals surface area contributed by atoms with Crippen LogP contribution in [0.1, 0.15) is 257 Å². The maximum atomic E-state index is 12.7. The van der Waals surface area contributed by atoms with E-state index < -0.39 is 39.3 Å². The third-order valence-electron chi connectivity index (χ3n) is 22.8. The van der Waals surface area contributed by atoms with Gasteiger partial charge in [-0.05, 0) is 161 Å². The first-order valence-corrected chi connectivity index (χ1v) is 36.9. The number of benzene rings is 3. The third kappa shape index (κ3) is 15.4. The molecule has 6 fully saturated rings. The number of aromatic hydroxyl groups is 1. The van der Waals surface area contributed by atoms with E-state index in [4.69, 9.17) is 29.8 Å². The van der Waals surface area contributed by atoms with Crippen LogP contribution in [0.2, 0.25) is 0 Å². The van der Waals surface area contributed by atoms with Crippen LogP contribution in [0.15, 0.2) is 72.8 Å². The van der Waals surface area contributed by atoms with Crippen molar-refractivity contribution >= 4 is 18.0 Å². The Kier molecular flexibility index (Phi) is 24.1. The van der Waals surface area contributed by atoms with E-state index in [-0.39, 0.29) is 41.5 Å². The number of likely N-dealkylation sites (tertiary alicyclic amines) is 2. The number of rotatable bonds is 31. The number of carbonyl (C=O) groups excluding carboxylic acids is 2. The molecule has 0 radical (unpaired) electrons. The van der Waals surface area contributed by atoms with Gasteiger partial charge in [-0.15, -0.1) is 0 Å². The zero-order valence-electron chi connectivity index (χ0n) is 58.3. The van der Waals surface area contributed by atoms with Gasteiger partial charge in [0, 0.05) is 49.8 Å². The van der Waals surface area contributed by atoms with Crippen LogP contribution < -0.4 is 18.9 Å². The minimum atomic E-state index is -0.863. The van der Waals surface area contributed by atoms with Crippen LogP contribution in [-0.4, -0.2) is 117 Å². The van der Waals surface area contributed by atoms with Crippen LogP contribution in [0.3, 0.4) is 0 Å². The van der Waals surface area contributed by atoms with Crippen molar-refractivity contribution in [2.45, 2.75) is 292 Å². The van der Waals surface area contributed by atoms with Crippen molar-refractivity contribution < 1.29 is 59.6 Å². The van der Waals surface area contributed by atoms with Gasteiger partial charge >= 0.3 is 12.3 Å². The molecule has 4 heterocycles. The van der Waals surface area contributed by atoms with E-state index >= 15 is 0 Å². The largest absolute Gasteiger partial charge is 0.513 e. The Labute approximate surface area is 562 Å². The Morgan fingerprint density at radius 2 is 1.00 bits per heavy atom. The lowest BCUT2D eigenvalue weighted by Crippen LogP contribution is -2.75. The summed E-state index contributed by atoms with van der Waals surface area (Å²) in [4.78, 5) is 39.4. The van der Waals surface area contributed by atoms with Gasteiger partial charge in [-0.25, -0.2) is 9.59 Å². The van der Waals surface area contributed by atoms with Gasteiger partial charge in [0.1, 0.15) is 18.0 Å². The number of hydrogen-bond acceptors (Lipinski definition) is 15. The van der Waals surface area contributed by atoms with E-state index in [9.17, 15) is 35.0 Å². The predicted molar refractivity (Wildman–Crippen MR) is 368 cm³/mol. The summed E-state index contributed by atoms with van der Waals surface area (Å²) in [5, 5.41) is 45.5. The average molecular weight is 1300 g/mol. The summed E-state index contributed by atoms with van der Waals surface area (Å²) in [6.45, 7) is 20.3. The van der Waals surface area contributed by atoms with Crippen molar-refractivity contribution in [3.63, 3.8) is 0 Å². The fourth-order valence-electron chi connectivity index (χ4n) is 17.6. The Morgan fingerprint density at radius 3 is 1.44 bits per heavy atom. The summed E-state index contributed by atoms with van der Waals surface area (Å²) in [5.74, 6) is 3.68. The van der Waals surface area contributed by atoms with E-state index in [2.05, 4.69) is 42.9 Å². The molecule has 4 aliphatic heterocycles. The van der Waals surface area contributed by atoms with Crippen molar-refractivity contribution in [1.82, 2.24) is 9.80 Å². The molecular formula is C78H113N3O13. The normalized spacial score (nSPS) is 27.1. The van der Waals surface area contributed by atoms with Crippen LogP contribution in [-0.2, 0) is 33.1 Å². The molecule has 8 atom stereocenters. The average Bonchev–Trinajstić information content (AvgIpc) is 1.56. The molecule has 4 saturated carbocycles. The van der Waals surface area contributed by atoms with Gasteiger partial charge in [0.25, 0.3) is 5.69 Å². The van der Waals surface area contributed by atoms with Gasteiger partial charge in [-0.1, -0.05) is 181 Å². The summed E-state index contributed by atoms with van der Waals surface area (Å²) in [5.41, 5.74) is 4.09. The highest BCUT2D eigenvalue weighted by Crippen LogP contribution is 2.68. The Balaban J connectivity index is 0.000000159. The molecule has 13 rings (SSSR count). The SMILES string of the molecule is C=C1CC[C@@]2(O)C3Cc4ccc(O)c5c4[C@@]2(CCN3CC2CC2)[C@H]1O5.C=C1CC[C@@]2(O)C3Cc4ccc(OC(=O)OCCCCCCCCCCCCC)c5c4[C@@]2(CCN3CC2CC2)[C@H]1O5.CCCCCCCCCCCCCOC(=O)Oc1ccc([N+](=O)[O-])cc1.[2H]CC. The Bertz CT molecular complexity index is 3080. The topological polar surface area (TPSA) is 200 Å². The highest BCUT2D eigenvalue weighted by molar-refractivity contribution is 5.70. The zero-order chi connectivity index (χ0) is 67.2. The quantitative estimate of drug-likeness (QED) is 0.0137. The number of nitro groups is 1. The summed E-state index contributed by atoms with van der Waals surface area (Å²) >= 11 is 0. The maximum absolute atomic E-state index is 12.7. The molecule has 2 saturated heterocycles. The zero-order valence-corrected chi connectivity index (χ0v) is 57.3. The molecule has 2 unspecified atom stereocenters. The second kappa shape index (κ2) is 32.6. The number of nitrogens with zero attached hydrogens (tertiary/aromatic N) is 3. The highest BCUT2D eigenvalue weighted by Gasteiger charge is 2.73. The first kappa shape index (κ1) is 69.7. The first-order chi connectivity index (χ1) is 46.1. The standard InChI is InChI=1S/C35H51NO5.C21H25NO3.C20H31NO5.C2H6/c1-3-4-5-6-7-8-9-10-11-12-13-22-39-33(37)40-28-17-16-27-23-29-35(38)19-18-25(2)32-34(35,30(27)31(28)41-32)20-21-36(29)24-26-14-15-26;1-12-6-7-21(24)16-10-14-4-5-15(23)18-17(14)20(21,19(12)25-18)8-9-22(16)11-13-2-3-13;1-2-3-4-5-6-7-8-9-10-11-12-17-25-20(22)26-19-15-13-18(14-16-19)21(23)24;1-2/h16-17,26,29,32,38H,2-15,18-24H2,1H3;4-5,13,16,19,23-24H,1-3,6-11H2;13-16H,2-12,17H2,1H3;1-2H3/t29?,32-,34-,35+;16?,19-,20-,21+;;/m00../s1/i;;;1D. The molecule has 4 bridgehead atoms. The maximum Gasteiger partial charge on any atom is 0.513 e. The van der Waals surface area contributed by atoms with Gasteiger partial charge in [0.05, 0.1) is 40.2 Å². The second-order valence-electron chi connectivity index (χ2n) is 29.0. The minimum absolute atomic E-state index is 0.0494. The highest BCUT2D eigenvalue weighted by atomic mass is 16.7. The summed E-state index contributed by atoms with van der Waals surface area (Å²) in [6.07, 6.45) is 37.2. The van der Waals surface area contributed by atoms with E-state index in [1.807, 2.05) is 12.1 Å². The van der Waals surface area contributed by atoms with Crippen molar-refractivity contribution in [1.29, 1.82) is 0 Å². The van der Waals surface area contributed by atoms with E-state index in [1.54, 1.807) is 13.0 Å². The smallest absolute Gasteiger partial charge is 0.504 e. The minimum Gasteiger partial charge on any atom is -0.504 e. The van der Waals surface area contributed by atoms with E-state index in [0.717, 1.165) is 137 Å². The fraction of sp³-hybridized carbons (Fsp3) is 0.692. The summed E-state index contributed by atoms with van der Waals surface area (Å²) < 4.78 is 40.3. The van der Waals surface area contributed by atoms with Gasteiger partial charge in [-0.3, -0.25) is 19.9 Å². The monoisotopic (exact) mass is 1300 g/mol. The lowest BCUT2D eigenvalue weighted by molar-refractivity contribution is -0.384. The molecule has 10 aliphatic rings. The molecule has 16 heteroatoms. The molecule has 0 amide bonds. The van der Waals surface area contributed by atoms with Gasteiger partial charge in [0.15, 0.2) is 23.0 Å². The molecule has 3 aromatic carbocycles. The first-order valence-electron chi connectivity index (χ1n) is 37.6. The van der Waals surface area contributed by atoms with Crippen LogP contribution in [0, 0.1) is 22.0 Å². The van der Waals surface area contributed by atoms with Gasteiger partial charge in [0.2, 0.25) is 0 Å². The summed E-state index contributed by atoms with van der Waals surface area (Å²) in [6, 6.07) is 13.3. The molecule has 94 heavy (non-hydrogen) atoms. The molecule has 518 valence electrons. The lowest BCUT2D eigenvalue weighted by Gasteiger charge is -2.63. The van der Waals surface area contributed by atoms with Crippen molar-refractivity contribution in [2.24, 2.45) is 11.8 Å². The number of aliphatic hydroxyl groups is 2. The lowest BCUT2D eigenvalue weighted by atomic mass is 9.48. The molecule has 6 aliphatic carbocycles. The van der Waals surface area contributed by atoms with Crippen molar-refractivity contribution in [3.8, 4) is 28.7 Å². The van der Waals surface area contributed by atoms with Crippen molar-refractivity contribution in [3.05, 3.63) is 105 Å². The van der Waals surface area contributed by atoms with E-state index in [0.29, 0.717) is 43.8 Å². The number of non-ortho nitro benzene ring substituents is 1. The number of hydrogen-bond donors (Lipinski definition) is 3. The van der Waals surface area contributed by atoms with Crippen LogP contribution in [0.4, 0.5) is 15.3 Å². The van der Waals surface area contributed by atoms with Gasteiger partial charge < -0.3 is 43.7 Å². The Morgan fingerprint density at radius 1 is 0.596 bits per heavy atom. The van der Waals surface area contributed by atoms with E-state index in [1.165, 1.54) is 170 Å². The number of phenols is 1. The molecule has 16 nitrogen and oxygen atoms in total. The number of ether oxygens (including phenoxy) is 6. The molecule has 2 spiro atoms. The molecular weight excluding hydrogens is 1190 g/mol. The molecule has 3 aromatic rings. The van der Waals surface area contributed by atoms with Crippen LogP contribution in [0.5, 0.6) is 28.7 Å². The summed E-state index contributed by atoms with van der Waals surface area (Å²) in [7, 11) is 0. The number of nitro benzene ring substituents is 1. The van der Waals surface area contributed by atoms with Gasteiger partial charge in [-0.2, -0.15) is 0 Å². The predicted octanol–water partition coefficient (Wildman–Crippen LogP) is 17.6. The number of carbonyl (C=O) groups is 2. The van der Waals surface area contributed by atoms with Crippen LogP contribution in [0.25, 0.3) is 0 Å². The van der Waals surface area contributed by atoms with Crippen LogP contribution >= 0.6 is 0 Å².